The maximum absolute atomic E-state index is 9.12. The fourth-order valence-electron chi connectivity index (χ4n) is 0. The normalized spacial score (nSPS) is 6.11. The van der Waals surface area contributed by atoms with Gasteiger partial charge < -0.3 is 15.0 Å². The van der Waals surface area contributed by atoms with Gasteiger partial charge >= 0.3 is 29.6 Å². The average molecular weight is 163 g/mol. The zero-order valence-electron chi connectivity index (χ0n) is 5.56. The molecular weight excluding hydrogens is 154 g/mol. The number of aliphatic carboxylic acids is 1. The summed E-state index contributed by atoms with van der Waals surface area (Å²) in [7, 11) is 0. The van der Waals surface area contributed by atoms with Gasteiger partial charge in [-0.25, -0.2) is 0 Å². The van der Waals surface area contributed by atoms with Crippen LogP contribution in [0, 0.1) is 0 Å². The van der Waals surface area contributed by atoms with Crippen LogP contribution in [0.15, 0.2) is 0 Å². The molecule has 0 aliphatic heterocycles. The third kappa shape index (κ3) is 53.2. The largest absolute Gasteiger partial charge is 1.00 e. The molecule has 3 nitrogen and oxygen atoms in total. The Kier molecular flexibility index (Phi) is 28.9. The molecular formula is C4H8ClNaO3. The van der Waals surface area contributed by atoms with Crippen LogP contribution >= 0.6 is 11.6 Å². The van der Waals surface area contributed by atoms with E-state index in [1.54, 1.807) is 6.92 Å². The first kappa shape index (κ1) is 16.4. The second-order valence-electron chi connectivity index (χ2n) is 0.822. The molecule has 0 aliphatic rings. The summed E-state index contributed by atoms with van der Waals surface area (Å²) in [6.07, 6.45) is 0. The van der Waals surface area contributed by atoms with Gasteiger partial charge in [0.15, 0.2) is 0 Å². The molecule has 1 N–H and O–H groups in total. The van der Waals surface area contributed by atoms with E-state index in [2.05, 4.69) is 11.6 Å². The second kappa shape index (κ2) is 15.9. The molecule has 5 heteroatoms. The third-order valence-corrected chi connectivity index (χ3v) is 0.327. The molecule has 0 aromatic rings. The van der Waals surface area contributed by atoms with Crippen molar-refractivity contribution in [3.63, 3.8) is 0 Å². The first-order valence-corrected chi connectivity index (χ1v) is 2.59. The van der Waals surface area contributed by atoms with E-state index in [1.165, 1.54) is 0 Å². The molecule has 0 fully saturated rings. The van der Waals surface area contributed by atoms with Gasteiger partial charge in [0.1, 0.15) is 0 Å². The Bertz CT molecular complexity index is 59.8. The molecule has 0 aromatic heterocycles. The van der Waals surface area contributed by atoms with Crippen LogP contribution in [0.4, 0.5) is 0 Å². The molecule has 0 aliphatic carbocycles. The Morgan fingerprint density at radius 1 is 1.78 bits per heavy atom. The fourth-order valence-corrected chi connectivity index (χ4v) is 0. The number of hydrogen-bond donors (Lipinski definition) is 1. The molecule has 0 aromatic carbocycles. The smallest absolute Gasteiger partial charge is 0.549 e. The Labute approximate surface area is 81.3 Å². The summed E-state index contributed by atoms with van der Waals surface area (Å²) in [5.74, 6) is -1.65. The first-order valence-electron chi connectivity index (χ1n) is 2.05. The molecule has 0 bridgehead atoms. The minimum atomic E-state index is -1.23. The molecule has 50 valence electrons. The Balaban J connectivity index is -0.0000000800. The number of rotatable bonds is 1. The van der Waals surface area contributed by atoms with E-state index in [0.717, 1.165) is 0 Å². The standard InChI is InChI=1S/C2H3ClO2.C2H6O.Na/c3-1-2(4)5;1-2-3;/h1H2,(H,4,5);3H,2H2,1H3;/q;;+1/p-1. The van der Waals surface area contributed by atoms with Crippen LogP contribution < -0.4 is 34.7 Å². The molecule has 0 rings (SSSR count). The summed E-state index contributed by atoms with van der Waals surface area (Å²) in [6.45, 7) is 1.93. The van der Waals surface area contributed by atoms with Gasteiger partial charge in [-0.15, -0.1) is 11.6 Å². The number of aliphatic hydroxyl groups is 1. The van der Waals surface area contributed by atoms with Gasteiger partial charge in [-0.2, -0.15) is 0 Å². The summed E-state index contributed by atoms with van der Waals surface area (Å²) in [6, 6.07) is 0. The van der Waals surface area contributed by atoms with E-state index in [-0.39, 0.29) is 36.2 Å². The predicted octanol–water partition coefficient (Wildman–Crippen LogP) is -4.02. The molecule has 0 saturated heterocycles. The van der Waals surface area contributed by atoms with Crippen LogP contribution in [0.5, 0.6) is 0 Å². The molecule has 0 heterocycles. The maximum atomic E-state index is 9.12. The van der Waals surface area contributed by atoms with Crippen LogP contribution in [-0.2, 0) is 4.79 Å². The Hall–Kier alpha value is 0.720. The van der Waals surface area contributed by atoms with E-state index < -0.39 is 11.8 Å². The number of halogens is 1. The zero-order valence-corrected chi connectivity index (χ0v) is 8.31. The molecule has 0 radical (unpaired) electrons. The van der Waals surface area contributed by atoms with Gasteiger partial charge in [-0.1, -0.05) is 0 Å². The predicted molar refractivity (Wildman–Crippen MR) is 28.5 cm³/mol. The van der Waals surface area contributed by atoms with Gasteiger partial charge in [-0.05, 0) is 6.92 Å². The summed E-state index contributed by atoms with van der Waals surface area (Å²) in [5, 5.41) is 16.7. The van der Waals surface area contributed by atoms with Gasteiger partial charge in [0.05, 0.1) is 11.8 Å². The SMILES string of the molecule is CCO.O=C([O-])CCl.[Na+]. The van der Waals surface area contributed by atoms with Crippen LogP contribution in [-0.4, -0.2) is 23.6 Å². The van der Waals surface area contributed by atoms with E-state index in [4.69, 9.17) is 15.0 Å². The van der Waals surface area contributed by atoms with Crippen molar-refractivity contribution in [2.24, 2.45) is 0 Å². The van der Waals surface area contributed by atoms with Crippen LogP contribution in [0.2, 0.25) is 0 Å². The van der Waals surface area contributed by atoms with Gasteiger partial charge in [0.2, 0.25) is 0 Å². The summed E-state index contributed by atoms with van der Waals surface area (Å²) >= 11 is 4.67. The average Bonchev–Trinajstić information content (AvgIpc) is 1.69. The fraction of sp³-hybridized carbons (Fsp3) is 0.750. The molecule has 0 unspecified atom stereocenters. The number of alkyl halides is 1. The molecule has 9 heavy (non-hydrogen) atoms. The number of aliphatic hydroxyl groups excluding tert-OH is 1. The number of carbonyl (C=O) groups is 1. The van der Waals surface area contributed by atoms with Crippen LogP contribution in [0.1, 0.15) is 6.92 Å². The third-order valence-electron chi connectivity index (χ3n) is 0.109. The Morgan fingerprint density at radius 3 is 1.89 bits per heavy atom. The summed E-state index contributed by atoms with van der Waals surface area (Å²) in [5.41, 5.74) is 0. The van der Waals surface area contributed by atoms with Crippen molar-refractivity contribution >= 4 is 17.6 Å². The van der Waals surface area contributed by atoms with Crippen LogP contribution in [0.25, 0.3) is 0 Å². The summed E-state index contributed by atoms with van der Waals surface area (Å²) < 4.78 is 0. The van der Waals surface area contributed by atoms with Crippen LogP contribution in [0.3, 0.4) is 0 Å². The molecule has 0 saturated carbocycles. The number of carboxylic acid groups (broad SMARTS) is 1. The van der Waals surface area contributed by atoms with E-state index in [9.17, 15) is 0 Å². The van der Waals surface area contributed by atoms with Crippen molar-refractivity contribution in [3.05, 3.63) is 0 Å². The van der Waals surface area contributed by atoms with Crippen molar-refractivity contribution in [2.75, 3.05) is 12.5 Å². The van der Waals surface area contributed by atoms with Gasteiger partial charge in [0, 0.05) is 6.61 Å². The van der Waals surface area contributed by atoms with E-state index in [1.807, 2.05) is 0 Å². The number of hydrogen-bond acceptors (Lipinski definition) is 3. The van der Waals surface area contributed by atoms with Crippen molar-refractivity contribution in [1.82, 2.24) is 0 Å². The van der Waals surface area contributed by atoms with Crippen molar-refractivity contribution in [1.29, 1.82) is 0 Å². The molecule has 0 amide bonds. The number of carboxylic acids is 1. The van der Waals surface area contributed by atoms with Gasteiger partial charge in [0.25, 0.3) is 0 Å². The summed E-state index contributed by atoms with van der Waals surface area (Å²) in [4.78, 5) is 9.12. The maximum Gasteiger partial charge on any atom is 1.00 e. The van der Waals surface area contributed by atoms with Crippen molar-refractivity contribution in [3.8, 4) is 0 Å². The topological polar surface area (TPSA) is 60.4 Å². The molecule has 0 spiro atoms. The zero-order chi connectivity index (χ0) is 6.99. The minimum absolute atomic E-state index is 0. The van der Waals surface area contributed by atoms with E-state index in [0.29, 0.717) is 0 Å². The quantitative estimate of drug-likeness (QED) is 0.316. The monoisotopic (exact) mass is 162 g/mol. The first-order chi connectivity index (χ1) is 3.68. The number of carbonyl (C=O) groups excluding carboxylic acids is 1. The second-order valence-corrected chi connectivity index (χ2v) is 1.09. The van der Waals surface area contributed by atoms with Gasteiger partial charge in [-0.3, -0.25) is 0 Å². The minimum Gasteiger partial charge on any atom is -0.549 e. The Morgan fingerprint density at radius 2 is 1.89 bits per heavy atom. The van der Waals surface area contributed by atoms with Crippen molar-refractivity contribution < 1.29 is 44.6 Å². The van der Waals surface area contributed by atoms with E-state index >= 15 is 0 Å². The van der Waals surface area contributed by atoms with Crippen molar-refractivity contribution in [2.45, 2.75) is 6.92 Å². The molecule has 0 atom stereocenters.